The van der Waals surface area contributed by atoms with E-state index in [1.54, 1.807) is 25.1 Å². The van der Waals surface area contributed by atoms with Crippen LogP contribution in [0.1, 0.15) is 47.2 Å². The van der Waals surface area contributed by atoms with E-state index in [4.69, 9.17) is 4.74 Å². The summed E-state index contributed by atoms with van der Waals surface area (Å²) in [4.78, 5) is 39.9. The summed E-state index contributed by atoms with van der Waals surface area (Å²) in [5.74, 6) is -1.32. The molecule has 1 saturated heterocycles. The van der Waals surface area contributed by atoms with E-state index in [0.29, 0.717) is 19.5 Å². The summed E-state index contributed by atoms with van der Waals surface area (Å²) in [6, 6.07) is 27.9. The Labute approximate surface area is 307 Å². The highest BCUT2D eigenvalue weighted by Gasteiger charge is 2.47. The summed E-state index contributed by atoms with van der Waals surface area (Å²) < 4.78 is 34.3. The molecule has 5 aromatic rings. The van der Waals surface area contributed by atoms with E-state index in [1.165, 1.54) is 34.4 Å². The van der Waals surface area contributed by atoms with Crippen molar-refractivity contribution in [2.24, 2.45) is 0 Å². The number of nitrogens with one attached hydrogen (secondary N) is 3. The van der Waals surface area contributed by atoms with Crippen LogP contribution in [0.25, 0.3) is 11.2 Å². The van der Waals surface area contributed by atoms with Crippen molar-refractivity contribution in [3.63, 3.8) is 0 Å². The minimum Gasteiger partial charge on any atom is -0.387 e. The number of hydrogen-bond acceptors (Lipinski definition) is 11. The summed E-state index contributed by atoms with van der Waals surface area (Å²) >= 11 is 0. The Hall–Kier alpha value is -5.26. The maximum Gasteiger partial charge on any atom is 0.289 e. The Bertz CT molecular complexity index is 2080. The lowest BCUT2D eigenvalue weighted by atomic mass is 9.91. The molecule has 3 heterocycles. The molecule has 2 amide bonds. The van der Waals surface area contributed by atoms with E-state index in [2.05, 4.69) is 30.9 Å². The lowest BCUT2D eigenvalue weighted by Gasteiger charge is -2.20. The number of fused-ring (bicyclic) bond motifs is 1. The van der Waals surface area contributed by atoms with Gasteiger partial charge in [-0.15, -0.1) is 0 Å². The van der Waals surface area contributed by atoms with E-state index >= 15 is 0 Å². The summed E-state index contributed by atoms with van der Waals surface area (Å²) in [7, 11) is -2.22. The molecule has 1 aliphatic rings. The Kier molecular flexibility index (Phi) is 11.7. The Morgan fingerprint density at radius 3 is 2.15 bits per heavy atom. The minimum absolute atomic E-state index is 0.112. The van der Waals surface area contributed by atoms with Gasteiger partial charge < -0.3 is 30.9 Å². The summed E-state index contributed by atoms with van der Waals surface area (Å²) in [5, 5.41) is 30.4. The monoisotopic (exact) mass is 742 g/mol. The number of aliphatic hydroxyl groups excluding tert-OH is 2. The van der Waals surface area contributed by atoms with Crippen LogP contribution in [0.2, 0.25) is 0 Å². The SMILES string of the molecule is CCNC(=O)[C@H]1O[C@@H](n2cnc3c(NCC(c4ccccc4)c4ccccc4)nc(C(=O)NCCCN(C)S(=O)(=O)c4ccccc4)nc32)[C@@H](O)[C@@H]1O. The quantitative estimate of drug-likeness (QED) is 0.0986. The van der Waals surface area contributed by atoms with Gasteiger partial charge in [0.05, 0.1) is 11.2 Å². The number of anilines is 1. The standard InChI is InChI=1S/C37H42N8O7S/c1-3-38-35(48)31-29(46)30(47)37(52-31)45-23-41-28-32(40-22-27(24-14-7-4-8-15-24)25-16-9-5-10-17-25)42-33(43-34(28)45)36(49)39-20-13-21-44(2)53(50,51)26-18-11-6-12-19-26/h4-12,14-19,23,27,29-31,37,46-47H,3,13,20-22H2,1-2H3,(H,38,48)(H,39,49)(H,40,42,43)/t29-,30-,31-,37+/m0/s1. The number of carbonyl (C=O) groups is 2. The lowest BCUT2D eigenvalue weighted by molar-refractivity contribution is -0.137. The number of imidazole rings is 1. The molecule has 53 heavy (non-hydrogen) atoms. The highest BCUT2D eigenvalue weighted by atomic mass is 32.2. The molecule has 1 aliphatic heterocycles. The van der Waals surface area contributed by atoms with E-state index in [-0.39, 0.29) is 46.7 Å². The van der Waals surface area contributed by atoms with E-state index in [0.717, 1.165) is 11.1 Å². The van der Waals surface area contributed by atoms with Crippen LogP contribution in [-0.2, 0) is 19.6 Å². The lowest BCUT2D eigenvalue weighted by Crippen LogP contribution is -2.42. The van der Waals surface area contributed by atoms with Gasteiger partial charge in [0.2, 0.25) is 15.8 Å². The van der Waals surface area contributed by atoms with Crippen molar-refractivity contribution in [1.29, 1.82) is 0 Å². The zero-order chi connectivity index (χ0) is 37.5. The molecule has 6 rings (SSSR count). The van der Waals surface area contributed by atoms with Crippen molar-refractivity contribution in [2.45, 2.75) is 48.7 Å². The Morgan fingerprint density at radius 2 is 1.53 bits per heavy atom. The predicted octanol–water partition coefficient (Wildman–Crippen LogP) is 2.27. The fourth-order valence-corrected chi connectivity index (χ4v) is 7.41. The number of likely N-dealkylation sites (N-methyl/N-ethyl adjacent to an activating group) is 1. The second-order valence-electron chi connectivity index (χ2n) is 12.5. The number of rotatable bonds is 15. The fraction of sp³-hybridized carbons (Fsp3) is 0.324. The van der Waals surface area contributed by atoms with Crippen molar-refractivity contribution in [2.75, 3.05) is 38.5 Å². The van der Waals surface area contributed by atoms with Crippen molar-refractivity contribution >= 4 is 38.8 Å². The van der Waals surface area contributed by atoms with Gasteiger partial charge in [0, 0.05) is 39.1 Å². The van der Waals surface area contributed by atoms with Crippen LogP contribution in [0.15, 0.2) is 102 Å². The van der Waals surface area contributed by atoms with Gasteiger partial charge >= 0.3 is 0 Å². The second kappa shape index (κ2) is 16.6. The average molecular weight is 743 g/mol. The van der Waals surface area contributed by atoms with Gasteiger partial charge in [-0.3, -0.25) is 14.2 Å². The molecular formula is C37H42N8O7S. The van der Waals surface area contributed by atoms with Gasteiger partial charge in [-0.2, -0.15) is 0 Å². The molecule has 5 N–H and O–H groups in total. The number of nitrogens with zero attached hydrogens (tertiary/aromatic N) is 5. The zero-order valence-corrected chi connectivity index (χ0v) is 30.1. The van der Waals surface area contributed by atoms with E-state index in [1.807, 2.05) is 60.7 Å². The second-order valence-corrected chi connectivity index (χ2v) is 14.6. The first-order valence-corrected chi connectivity index (χ1v) is 18.7. The number of aliphatic hydroxyl groups is 2. The average Bonchev–Trinajstić information content (AvgIpc) is 3.74. The van der Waals surface area contributed by atoms with Crippen LogP contribution in [0, 0.1) is 0 Å². The molecule has 278 valence electrons. The summed E-state index contributed by atoms with van der Waals surface area (Å²) in [6.07, 6.45) is -4.01. The van der Waals surface area contributed by atoms with Crippen LogP contribution >= 0.6 is 0 Å². The third-order valence-electron chi connectivity index (χ3n) is 9.01. The molecule has 0 unspecified atom stereocenters. The first kappa shape index (κ1) is 37.5. The van der Waals surface area contributed by atoms with Crippen LogP contribution in [0.3, 0.4) is 0 Å². The topological polar surface area (TPSA) is 201 Å². The Balaban J connectivity index is 1.27. The smallest absolute Gasteiger partial charge is 0.289 e. The van der Waals surface area contributed by atoms with Crippen molar-refractivity contribution in [3.8, 4) is 0 Å². The highest BCUT2D eigenvalue weighted by Crippen LogP contribution is 2.33. The summed E-state index contributed by atoms with van der Waals surface area (Å²) in [5.41, 5.74) is 2.48. The first-order chi connectivity index (χ1) is 25.6. The molecule has 0 radical (unpaired) electrons. The predicted molar refractivity (Wildman–Crippen MR) is 196 cm³/mol. The zero-order valence-electron chi connectivity index (χ0n) is 29.2. The van der Waals surface area contributed by atoms with Crippen molar-refractivity contribution < 1.29 is 33.0 Å². The van der Waals surface area contributed by atoms with Gasteiger partial charge in [-0.1, -0.05) is 78.9 Å². The third kappa shape index (κ3) is 8.21. The first-order valence-electron chi connectivity index (χ1n) is 17.3. The van der Waals surface area contributed by atoms with Crippen LogP contribution in [0.4, 0.5) is 5.82 Å². The largest absolute Gasteiger partial charge is 0.387 e. The van der Waals surface area contributed by atoms with E-state index in [9.17, 15) is 28.2 Å². The maximum atomic E-state index is 13.6. The van der Waals surface area contributed by atoms with Crippen LogP contribution in [-0.4, -0.2) is 106 Å². The number of aromatic nitrogens is 4. The van der Waals surface area contributed by atoms with Crippen LogP contribution < -0.4 is 16.0 Å². The van der Waals surface area contributed by atoms with E-state index < -0.39 is 46.4 Å². The number of amides is 2. The fourth-order valence-electron chi connectivity index (χ4n) is 6.18. The van der Waals surface area contributed by atoms with Crippen molar-refractivity contribution in [3.05, 3.63) is 114 Å². The molecule has 3 aromatic carbocycles. The number of carbonyl (C=O) groups excluding carboxylic acids is 2. The highest BCUT2D eigenvalue weighted by molar-refractivity contribution is 7.89. The van der Waals surface area contributed by atoms with Gasteiger partial charge in [0.25, 0.3) is 11.8 Å². The molecule has 0 saturated carbocycles. The third-order valence-corrected chi connectivity index (χ3v) is 10.9. The van der Waals surface area contributed by atoms with Gasteiger partial charge in [-0.05, 0) is 36.6 Å². The minimum atomic E-state index is -3.70. The number of benzene rings is 3. The summed E-state index contributed by atoms with van der Waals surface area (Å²) in [6.45, 7) is 2.64. The van der Waals surface area contributed by atoms with Crippen molar-refractivity contribution in [1.82, 2.24) is 34.5 Å². The van der Waals surface area contributed by atoms with Gasteiger partial charge in [0.15, 0.2) is 29.3 Å². The van der Waals surface area contributed by atoms with Gasteiger partial charge in [-0.25, -0.2) is 27.7 Å². The molecular weight excluding hydrogens is 701 g/mol. The van der Waals surface area contributed by atoms with Crippen LogP contribution in [0.5, 0.6) is 0 Å². The number of sulfonamides is 1. The molecule has 4 atom stereocenters. The molecule has 0 aliphatic carbocycles. The molecule has 0 spiro atoms. The Morgan fingerprint density at radius 1 is 0.906 bits per heavy atom. The normalized spacial score (nSPS) is 18.8. The molecule has 2 aromatic heterocycles. The number of ether oxygens (including phenoxy) is 1. The molecule has 16 heteroatoms. The number of hydrogen-bond donors (Lipinski definition) is 5. The molecule has 1 fully saturated rings. The maximum absolute atomic E-state index is 13.6. The molecule has 0 bridgehead atoms. The molecule has 15 nitrogen and oxygen atoms in total. The van der Waals surface area contributed by atoms with Gasteiger partial charge in [0.1, 0.15) is 12.2 Å².